The molecule has 196 valence electrons. The highest BCUT2D eigenvalue weighted by atomic mass is 16.2. The Morgan fingerprint density at radius 2 is 1.90 bits per heavy atom. The lowest BCUT2D eigenvalue weighted by molar-refractivity contribution is 0.0941. The summed E-state index contributed by atoms with van der Waals surface area (Å²) < 4.78 is 4.80. The highest BCUT2D eigenvalue weighted by Crippen LogP contribution is 2.24. The van der Waals surface area contributed by atoms with Gasteiger partial charge in [0.25, 0.3) is 11.5 Å². The molecular formula is C30H24N8O2. The fourth-order valence-electron chi connectivity index (χ4n) is 4.77. The average molecular weight is 529 g/mol. The number of amides is 1. The van der Waals surface area contributed by atoms with E-state index in [2.05, 4.69) is 32.3 Å². The molecule has 1 amide bonds. The van der Waals surface area contributed by atoms with Gasteiger partial charge in [-0.15, -0.1) is 5.10 Å². The number of aryl methyl sites for hydroxylation is 1. The number of hydrogen-bond acceptors (Lipinski definition) is 6. The number of aromatic nitrogens is 6. The van der Waals surface area contributed by atoms with Gasteiger partial charge < -0.3 is 11.1 Å². The SMILES string of the molecule is C[C@H](NC(=O)c1c(N)nn2ccncc12)c1cc2cccc(C#Cc3cnn(C)c3)c2c(=O)n1-c1ccccc1. The van der Waals surface area contributed by atoms with Crippen LogP contribution in [-0.4, -0.2) is 34.9 Å². The van der Waals surface area contributed by atoms with Crippen molar-refractivity contribution in [1.82, 2.24) is 34.3 Å². The summed E-state index contributed by atoms with van der Waals surface area (Å²) in [4.78, 5) is 31.7. The zero-order chi connectivity index (χ0) is 27.8. The number of anilines is 1. The number of nitrogens with zero attached hydrogens (tertiary/aromatic N) is 6. The summed E-state index contributed by atoms with van der Waals surface area (Å²) in [5.41, 5.74) is 9.17. The van der Waals surface area contributed by atoms with Gasteiger partial charge in [-0.25, -0.2) is 4.52 Å². The Hall–Kier alpha value is -5.69. The highest BCUT2D eigenvalue weighted by Gasteiger charge is 2.23. The zero-order valence-electron chi connectivity index (χ0n) is 21.7. The smallest absolute Gasteiger partial charge is 0.264 e. The van der Waals surface area contributed by atoms with Crippen molar-refractivity contribution in [2.24, 2.45) is 7.05 Å². The van der Waals surface area contributed by atoms with Crippen LogP contribution in [0.4, 0.5) is 5.82 Å². The van der Waals surface area contributed by atoms with Crippen LogP contribution in [-0.2, 0) is 7.05 Å². The van der Waals surface area contributed by atoms with Crippen LogP contribution in [0.5, 0.6) is 0 Å². The van der Waals surface area contributed by atoms with E-state index in [1.807, 2.05) is 74.8 Å². The molecule has 4 aromatic heterocycles. The van der Waals surface area contributed by atoms with Gasteiger partial charge in [0.1, 0.15) is 5.56 Å². The predicted molar refractivity (Wildman–Crippen MR) is 152 cm³/mol. The third kappa shape index (κ3) is 4.35. The van der Waals surface area contributed by atoms with Crippen molar-refractivity contribution in [2.75, 3.05) is 5.73 Å². The molecule has 0 aliphatic carbocycles. The summed E-state index contributed by atoms with van der Waals surface area (Å²) in [6, 6.07) is 16.2. The maximum Gasteiger partial charge on any atom is 0.264 e. The van der Waals surface area contributed by atoms with E-state index in [-0.39, 0.29) is 16.9 Å². The normalized spacial score (nSPS) is 11.8. The zero-order valence-corrected chi connectivity index (χ0v) is 21.7. The number of carbonyl (C=O) groups excluding carboxylic acids is 1. The van der Waals surface area contributed by atoms with Gasteiger partial charge in [-0.1, -0.05) is 42.2 Å². The molecule has 3 N–H and O–H groups in total. The Morgan fingerprint density at radius 1 is 1.07 bits per heavy atom. The summed E-state index contributed by atoms with van der Waals surface area (Å²) >= 11 is 0. The fraction of sp³-hybridized carbons (Fsp3) is 0.100. The maximum absolute atomic E-state index is 14.2. The first-order valence-electron chi connectivity index (χ1n) is 12.5. The average Bonchev–Trinajstić information content (AvgIpc) is 3.53. The van der Waals surface area contributed by atoms with Crippen LogP contribution in [0.25, 0.3) is 22.0 Å². The van der Waals surface area contributed by atoms with E-state index in [1.165, 1.54) is 10.7 Å². The Labute approximate surface area is 228 Å². The molecule has 0 unspecified atom stereocenters. The van der Waals surface area contributed by atoms with Gasteiger partial charge in [0, 0.05) is 42.6 Å². The second-order valence-electron chi connectivity index (χ2n) is 9.33. The molecular weight excluding hydrogens is 504 g/mol. The molecule has 0 saturated heterocycles. The Balaban J connectivity index is 1.48. The molecule has 0 aliphatic rings. The molecule has 10 nitrogen and oxygen atoms in total. The van der Waals surface area contributed by atoms with Crippen LogP contribution in [0.2, 0.25) is 0 Å². The van der Waals surface area contributed by atoms with E-state index in [4.69, 9.17) is 5.73 Å². The monoisotopic (exact) mass is 528 g/mol. The standard InChI is InChI=1S/C30H24N8O2/c1-19(34-29(39)27-25-17-32-13-14-37(25)35-28(27)31)24-15-22-8-6-7-21(12-11-20-16-33-36(2)18-20)26(22)30(40)38(24)23-9-4-3-5-10-23/h3-10,13-19H,1-2H3,(H2,31,35)(H,34,39)/t19-/m0/s1. The van der Waals surface area contributed by atoms with Crippen molar-refractivity contribution in [3.63, 3.8) is 0 Å². The predicted octanol–water partition coefficient (Wildman–Crippen LogP) is 3.24. The first-order valence-corrected chi connectivity index (χ1v) is 12.5. The molecule has 0 aliphatic heterocycles. The molecule has 40 heavy (non-hydrogen) atoms. The van der Waals surface area contributed by atoms with E-state index in [0.717, 1.165) is 5.56 Å². The van der Waals surface area contributed by atoms with Crippen LogP contribution in [0.3, 0.4) is 0 Å². The minimum atomic E-state index is -0.569. The Kier molecular flexibility index (Phi) is 6.09. The van der Waals surface area contributed by atoms with Crippen molar-refractivity contribution in [3.8, 4) is 17.5 Å². The maximum atomic E-state index is 14.2. The largest absolute Gasteiger partial charge is 0.382 e. The van der Waals surface area contributed by atoms with E-state index in [1.54, 1.807) is 27.8 Å². The van der Waals surface area contributed by atoms with E-state index in [0.29, 0.717) is 33.2 Å². The van der Waals surface area contributed by atoms with Crippen LogP contribution < -0.4 is 16.6 Å². The van der Waals surface area contributed by atoms with Crippen LogP contribution in [0, 0.1) is 11.8 Å². The first-order chi connectivity index (χ1) is 19.4. The number of fused-ring (bicyclic) bond motifs is 2. The number of benzene rings is 2. The topological polar surface area (TPSA) is 125 Å². The molecule has 4 heterocycles. The van der Waals surface area contributed by atoms with E-state index >= 15 is 0 Å². The lowest BCUT2D eigenvalue weighted by atomic mass is 10.0. The molecule has 2 aromatic carbocycles. The number of nitrogen functional groups attached to an aromatic ring is 1. The molecule has 0 fully saturated rings. The molecule has 0 bridgehead atoms. The van der Waals surface area contributed by atoms with Crippen molar-refractivity contribution >= 4 is 28.0 Å². The minimum Gasteiger partial charge on any atom is -0.382 e. The van der Waals surface area contributed by atoms with Crippen molar-refractivity contribution in [3.05, 3.63) is 118 Å². The quantitative estimate of drug-likeness (QED) is 0.339. The van der Waals surface area contributed by atoms with E-state index < -0.39 is 11.9 Å². The van der Waals surface area contributed by atoms with Gasteiger partial charge in [-0.2, -0.15) is 5.10 Å². The second kappa shape index (κ2) is 9.89. The van der Waals surface area contributed by atoms with E-state index in [9.17, 15) is 9.59 Å². The number of rotatable bonds is 4. The van der Waals surface area contributed by atoms with Crippen LogP contribution in [0.15, 0.2) is 90.4 Å². The number of pyridine rings is 1. The number of hydrogen-bond donors (Lipinski definition) is 2. The van der Waals surface area contributed by atoms with Gasteiger partial charge in [0.15, 0.2) is 5.82 Å². The lowest BCUT2D eigenvalue weighted by Gasteiger charge is -2.21. The highest BCUT2D eigenvalue weighted by molar-refractivity contribution is 6.05. The van der Waals surface area contributed by atoms with Gasteiger partial charge in [0.05, 0.1) is 34.9 Å². The van der Waals surface area contributed by atoms with Gasteiger partial charge in [-0.05, 0) is 36.6 Å². The van der Waals surface area contributed by atoms with Crippen molar-refractivity contribution in [1.29, 1.82) is 0 Å². The van der Waals surface area contributed by atoms with Gasteiger partial charge in [0.2, 0.25) is 0 Å². The lowest BCUT2D eigenvalue weighted by Crippen LogP contribution is -2.32. The molecule has 10 heteroatoms. The third-order valence-corrected chi connectivity index (χ3v) is 6.62. The summed E-state index contributed by atoms with van der Waals surface area (Å²) in [5, 5.41) is 12.6. The van der Waals surface area contributed by atoms with Gasteiger partial charge >= 0.3 is 0 Å². The molecule has 6 rings (SSSR count). The van der Waals surface area contributed by atoms with Gasteiger partial charge in [-0.3, -0.25) is 23.8 Å². The molecule has 6 aromatic rings. The summed E-state index contributed by atoms with van der Waals surface area (Å²) in [5.74, 6) is 5.91. The number of nitrogens with one attached hydrogen (secondary N) is 1. The fourth-order valence-corrected chi connectivity index (χ4v) is 4.77. The summed E-state index contributed by atoms with van der Waals surface area (Å²) in [7, 11) is 1.82. The van der Waals surface area contributed by atoms with Crippen LogP contribution in [0.1, 0.15) is 40.1 Å². The van der Waals surface area contributed by atoms with Crippen LogP contribution >= 0.6 is 0 Å². The first kappa shape index (κ1) is 24.6. The molecule has 0 spiro atoms. The number of nitrogens with two attached hydrogens (primary N) is 1. The number of carbonyl (C=O) groups is 1. The minimum absolute atomic E-state index is 0.0912. The number of para-hydroxylation sites is 1. The summed E-state index contributed by atoms with van der Waals surface area (Å²) in [6.45, 7) is 1.82. The Morgan fingerprint density at radius 3 is 2.67 bits per heavy atom. The molecule has 0 saturated carbocycles. The third-order valence-electron chi connectivity index (χ3n) is 6.62. The summed E-state index contributed by atoms with van der Waals surface area (Å²) in [6.07, 6.45) is 8.21. The molecule has 1 atom stereocenters. The van der Waals surface area contributed by atoms with Crippen molar-refractivity contribution < 1.29 is 4.79 Å². The van der Waals surface area contributed by atoms with Crippen molar-refractivity contribution in [2.45, 2.75) is 13.0 Å². The molecule has 0 radical (unpaired) electrons. The Bertz CT molecular complexity index is 2030. The second-order valence-corrected chi connectivity index (χ2v) is 9.33.